The Morgan fingerprint density at radius 2 is 1.97 bits per heavy atom. The van der Waals surface area contributed by atoms with E-state index in [1.54, 1.807) is 4.90 Å². The highest BCUT2D eigenvalue weighted by molar-refractivity contribution is 6.00. The molecule has 2 aromatic carbocycles. The van der Waals surface area contributed by atoms with Gasteiger partial charge in [0.05, 0.1) is 10.8 Å². The van der Waals surface area contributed by atoms with E-state index in [-0.39, 0.29) is 30.2 Å². The molecule has 2 amide bonds. The number of amides is 2. The molecule has 1 atom stereocenters. The molecular weight excluding hydrogens is 390 g/mol. The summed E-state index contributed by atoms with van der Waals surface area (Å²) < 4.78 is 5.05. The zero-order chi connectivity index (χ0) is 21.8. The van der Waals surface area contributed by atoms with Gasteiger partial charge in [-0.3, -0.25) is 24.5 Å². The van der Waals surface area contributed by atoms with Gasteiger partial charge in [-0.2, -0.15) is 0 Å². The second-order valence-corrected chi connectivity index (χ2v) is 7.14. The highest BCUT2D eigenvalue weighted by Gasteiger charge is 2.36. The normalized spacial score (nSPS) is 15.7. The third-order valence-corrected chi connectivity index (χ3v) is 4.95. The van der Waals surface area contributed by atoms with Crippen LogP contribution in [0.4, 0.5) is 17.1 Å². The van der Waals surface area contributed by atoms with Crippen molar-refractivity contribution in [2.45, 2.75) is 20.3 Å². The van der Waals surface area contributed by atoms with Crippen LogP contribution in [0.2, 0.25) is 0 Å². The number of benzene rings is 2. The predicted octanol–water partition coefficient (Wildman–Crippen LogP) is 2.75. The maximum atomic E-state index is 12.3. The Balaban J connectivity index is 1.54. The molecule has 1 N–H and O–H groups in total. The van der Waals surface area contributed by atoms with Crippen molar-refractivity contribution in [2.75, 3.05) is 23.4 Å². The Bertz CT molecular complexity index is 1020. The van der Waals surface area contributed by atoms with Crippen molar-refractivity contribution in [3.8, 4) is 0 Å². The molecule has 9 nitrogen and oxygen atoms in total. The molecule has 0 aliphatic carbocycles. The smallest absolute Gasteiger partial charge is 0.311 e. The topological polar surface area (TPSA) is 119 Å². The average molecular weight is 411 g/mol. The number of hydrogen-bond donors (Lipinski definition) is 1. The molecule has 1 aliphatic heterocycles. The Labute approximate surface area is 172 Å². The molecule has 1 fully saturated rings. The minimum Gasteiger partial charge on any atom is -0.455 e. The van der Waals surface area contributed by atoms with E-state index < -0.39 is 29.3 Å². The molecule has 0 bridgehead atoms. The molecule has 1 aliphatic rings. The van der Waals surface area contributed by atoms with Crippen LogP contribution in [0, 0.1) is 29.9 Å². The van der Waals surface area contributed by atoms with E-state index in [0.717, 1.165) is 16.8 Å². The number of anilines is 2. The number of carbonyl (C=O) groups is 3. The highest BCUT2D eigenvalue weighted by Crippen LogP contribution is 2.27. The lowest BCUT2D eigenvalue weighted by atomic mass is 10.1. The summed E-state index contributed by atoms with van der Waals surface area (Å²) in [7, 11) is 0. The lowest BCUT2D eigenvalue weighted by Crippen LogP contribution is -2.28. The number of nitrogens with zero attached hydrogens (tertiary/aromatic N) is 2. The molecule has 156 valence electrons. The molecular formula is C21H21N3O6. The lowest BCUT2D eigenvalue weighted by Gasteiger charge is -2.17. The van der Waals surface area contributed by atoms with Gasteiger partial charge in [0.25, 0.3) is 11.6 Å². The van der Waals surface area contributed by atoms with Gasteiger partial charge in [0.15, 0.2) is 6.61 Å². The molecule has 0 saturated carbocycles. The van der Waals surface area contributed by atoms with Crippen LogP contribution in [-0.4, -0.2) is 35.9 Å². The summed E-state index contributed by atoms with van der Waals surface area (Å²) in [5, 5.41) is 13.2. The van der Waals surface area contributed by atoms with Gasteiger partial charge in [0.2, 0.25) is 5.91 Å². The summed E-state index contributed by atoms with van der Waals surface area (Å²) >= 11 is 0. The number of nitrogens with one attached hydrogen (secondary N) is 1. The van der Waals surface area contributed by atoms with E-state index in [9.17, 15) is 24.5 Å². The van der Waals surface area contributed by atoms with E-state index >= 15 is 0 Å². The summed E-state index contributed by atoms with van der Waals surface area (Å²) in [5.41, 5.74) is 2.94. The molecule has 3 rings (SSSR count). The maximum Gasteiger partial charge on any atom is 0.311 e. The molecule has 9 heteroatoms. The van der Waals surface area contributed by atoms with Crippen molar-refractivity contribution < 1.29 is 24.0 Å². The van der Waals surface area contributed by atoms with Crippen molar-refractivity contribution in [3.05, 3.63) is 63.7 Å². The number of esters is 1. The first kappa shape index (κ1) is 21.0. The summed E-state index contributed by atoms with van der Waals surface area (Å²) in [6, 6.07) is 11.1. The van der Waals surface area contributed by atoms with E-state index in [0.29, 0.717) is 0 Å². The maximum absolute atomic E-state index is 12.3. The van der Waals surface area contributed by atoms with E-state index in [4.69, 9.17) is 4.74 Å². The fraction of sp³-hybridized carbons (Fsp3) is 0.286. The first-order valence-corrected chi connectivity index (χ1v) is 9.33. The third kappa shape index (κ3) is 4.80. The molecule has 0 radical (unpaired) electrons. The van der Waals surface area contributed by atoms with Crippen molar-refractivity contribution in [1.29, 1.82) is 0 Å². The summed E-state index contributed by atoms with van der Waals surface area (Å²) in [6.45, 7) is 3.57. The Kier molecular flexibility index (Phi) is 6.10. The molecule has 2 aromatic rings. The third-order valence-electron chi connectivity index (χ3n) is 4.95. The Morgan fingerprint density at radius 1 is 1.20 bits per heavy atom. The van der Waals surface area contributed by atoms with E-state index in [2.05, 4.69) is 5.32 Å². The molecule has 0 aromatic heterocycles. The molecule has 30 heavy (non-hydrogen) atoms. The molecule has 0 spiro atoms. The summed E-state index contributed by atoms with van der Waals surface area (Å²) in [4.78, 5) is 48.4. The van der Waals surface area contributed by atoms with Crippen molar-refractivity contribution in [1.82, 2.24) is 0 Å². The second kappa shape index (κ2) is 8.73. The average Bonchev–Trinajstić information content (AvgIpc) is 3.10. The van der Waals surface area contributed by atoms with E-state index in [1.807, 2.05) is 32.0 Å². The van der Waals surface area contributed by atoms with Crippen LogP contribution < -0.4 is 10.2 Å². The van der Waals surface area contributed by atoms with Crippen LogP contribution in [0.15, 0.2) is 42.5 Å². The summed E-state index contributed by atoms with van der Waals surface area (Å²) in [6.07, 6.45) is 0.0122. The minimum atomic E-state index is -0.662. The van der Waals surface area contributed by atoms with E-state index in [1.165, 1.54) is 24.3 Å². The van der Waals surface area contributed by atoms with Crippen LogP contribution in [0.1, 0.15) is 17.5 Å². The highest BCUT2D eigenvalue weighted by atomic mass is 16.6. The van der Waals surface area contributed by atoms with Crippen molar-refractivity contribution in [3.63, 3.8) is 0 Å². The number of nitro groups is 1. The number of ether oxygens (including phenoxy) is 1. The number of hydrogen-bond acceptors (Lipinski definition) is 6. The van der Waals surface area contributed by atoms with Gasteiger partial charge in [0.1, 0.15) is 0 Å². The zero-order valence-electron chi connectivity index (χ0n) is 16.6. The van der Waals surface area contributed by atoms with Gasteiger partial charge in [-0.25, -0.2) is 0 Å². The monoisotopic (exact) mass is 411 g/mol. The quantitative estimate of drug-likeness (QED) is 0.443. The van der Waals surface area contributed by atoms with Crippen molar-refractivity contribution >= 4 is 34.8 Å². The fourth-order valence-corrected chi connectivity index (χ4v) is 3.16. The second-order valence-electron chi connectivity index (χ2n) is 7.14. The minimum absolute atomic E-state index is 0.0122. The van der Waals surface area contributed by atoms with Crippen LogP contribution >= 0.6 is 0 Å². The number of nitro benzene ring substituents is 1. The molecule has 0 unspecified atom stereocenters. The number of rotatable bonds is 6. The van der Waals surface area contributed by atoms with Gasteiger partial charge in [-0.15, -0.1) is 0 Å². The number of aryl methyl sites for hydroxylation is 2. The van der Waals surface area contributed by atoms with Crippen LogP contribution in [-0.2, 0) is 19.1 Å². The first-order valence-electron chi connectivity index (χ1n) is 9.33. The number of carbonyl (C=O) groups excluding carboxylic acids is 3. The first-order chi connectivity index (χ1) is 14.2. The molecule has 1 heterocycles. The predicted molar refractivity (Wildman–Crippen MR) is 109 cm³/mol. The fourth-order valence-electron chi connectivity index (χ4n) is 3.16. The van der Waals surface area contributed by atoms with Gasteiger partial charge >= 0.3 is 5.97 Å². The van der Waals surface area contributed by atoms with Crippen LogP contribution in [0.3, 0.4) is 0 Å². The standard InChI is InChI=1S/C21H21N3O6/c1-13-6-7-17(8-14(13)2)23-11-15(9-20(23)26)21(27)30-12-19(25)22-16-4-3-5-18(10-16)24(28)29/h3-8,10,15H,9,11-12H2,1-2H3,(H,22,25)/t15-/m0/s1. The lowest BCUT2D eigenvalue weighted by molar-refractivity contribution is -0.384. The SMILES string of the molecule is Cc1ccc(N2C[C@@H](C(=O)OCC(=O)Nc3cccc([N+](=O)[O-])c3)CC2=O)cc1C. The van der Waals surface area contributed by atoms with Gasteiger partial charge in [-0.05, 0) is 43.2 Å². The summed E-state index contributed by atoms with van der Waals surface area (Å²) in [5.74, 6) is -2.10. The number of non-ortho nitro benzene ring substituents is 1. The molecule has 1 saturated heterocycles. The van der Waals surface area contributed by atoms with Gasteiger partial charge in [-0.1, -0.05) is 12.1 Å². The van der Waals surface area contributed by atoms with Crippen LogP contribution in [0.5, 0.6) is 0 Å². The Morgan fingerprint density at radius 3 is 2.67 bits per heavy atom. The zero-order valence-corrected chi connectivity index (χ0v) is 16.6. The van der Waals surface area contributed by atoms with Gasteiger partial charge in [0, 0.05) is 36.5 Å². The van der Waals surface area contributed by atoms with Crippen LogP contribution in [0.25, 0.3) is 0 Å². The Hall–Kier alpha value is -3.75. The van der Waals surface area contributed by atoms with Gasteiger partial charge < -0.3 is 15.0 Å². The largest absolute Gasteiger partial charge is 0.455 e. The van der Waals surface area contributed by atoms with Crippen molar-refractivity contribution in [2.24, 2.45) is 5.92 Å².